The molecular formula is C9H16O5. The Balaban J connectivity index is 2.13. The Kier molecular flexibility index (Phi) is 2.53. The molecule has 0 aromatic heterocycles. The molecule has 1 saturated heterocycles. The number of epoxide rings is 1. The molecule has 1 aliphatic carbocycles. The van der Waals surface area contributed by atoms with E-state index in [2.05, 4.69) is 0 Å². The number of ether oxygens (including phenoxy) is 1. The Hall–Kier alpha value is -0.200. The van der Waals surface area contributed by atoms with Crippen LogP contribution >= 0.6 is 0 Å². The summed E-state index contributed by atoms with van der Waals surface area (Å²) in [4.78, 5) is 0. The zero-order valence-corrected chi connectivity index (χ0v) is 7.83. The van der Waals surface area contributed by atoms with Crippen molar-refractivity contribution in [1.29, 1.82) is 0 Å². The molecule has 14 heavy (non-hydrogen) atoms. The topological polar surface area (TPSA) is 93.5 Å². The maximum atomic E-state index is 9.77. The lowest BCUT2D eigenvalue weighted by molar-refractivity contribution is -0.0162. The second kappa shape index (κ2) is 3.43. The smallest absolute Gasteiger partial charge is 0.126 e. The minimum absolute atomic E-state index is 0.0214. The summed E-state index contributed by atoms with van der Waals surface area (Å²) in [6, 6.07) is 0. The third-order valence-corrected chi connectivity index (χ3v) is 3.57. The number of aliphatic hydroxyl groups is 4. The Morgan fingerprint density at radius 3 is 2.43 bits per heavy atom. The highest BCUT2D eigenvalue weighted by Gasteiger charge is 2.72. The van der Waals surface area contributed by atoms with Crippen molar-refractivity contribution in [1.82, 2.24) is 0 Å². The molecule has 0 radical (unpaired) electrons. The second-order valence-electron chi connectivity index (χ2n) is 4.11. The SMILES string of the molecule is OCC[C@H]1[C@H](O)[C@@H]2O[C@]2(CO)[C@H]1CO. The van der Waals surface area contributed by atoms with Crippen LogP contribution in [-0.2, 0) is 4.74 Å². The van der Waals surface area contributed by atoms with Crippen molar-refractivity contribution in [2.75, 3.05) is 19.8 Å². The lowest BCUT2D eigenvalue weighted by Gasteiger charge is -2.25. The first-order valence-electron chi connectivity index (χ1n) is 4.89. The molecule has 0 bridgehead atoms. The van der Waals surface area contributed by atoms with Gasteiger partial charge in [0, 0.05) is 19.1 Å². The summed E-state index contributed by atoms with van der Waals surface area (Å²) in [6.07, 6.45) is -0.596. The van der Waals surface area contributed by atoms with Gasteiger partial charge in [0.25, 0.3) is 0 Å². The Morgan fingerprint density at radius 2 is 1.93 bits per heavy atom. The van der Waals surface area contributed by atoms with Crippen LogP contribution < -0.4 is 0 Å². The van der Waals surface area contributed by atoms with E-state index in [9.17, 15) is 10.2 Å². The van der Waals surface area contributed by atoms with E-state index in [4.69, 9.17) is 14.9 Å². The fraction of sp³-hybridized carbons (Fsp3) is 1.00. The van der Waals surface area contributed by atoms with E-state index < -0.39 is 11.7 Å². The highest BCUT2D eigenvalue weighted by molar-refractivity contribution is 5.19. The first-order chi connectivity index (χ1) is 6.71. The summed E-state index contributed by atoms with van der Waals surface area (Å²) in [5.41, 5.74) is -0.742. The zero-order valence-electron chi connectivity index (χ0n) is 7.83. The van der Waals surface area contributed by atoms with Crippen LogP contribution in [0.15, 0.2) is 0 Å². The number of fused-ring (bicyclic) bond motifs is 1. The molecule has 2 fully saturated rings. The maximum absolute atomic E-state index is 9.77. The number of hydrogen-bond acceptors (Lipinski definition) is 5. The molecule has 2 rings (SSSR count). The van der Waals surface area contributed by atoms with Crippen LogP contribution in [0.25, 0.3) is 0 Å². The molecule has 0 aromatic rings. The summed E-state index contributed by atoms with van der Waals surface area (Å²) in [6.45, 7) is -0.326. The molecule has 0 aromatic carbocycles. The Bertz CT molecular complexity index is 221. The monoisotopic (exact) mass is 204 g/mol. The predicted molar refractivity (Wildman–Crippen MR) is 46.5 cm³/mol. The van der Waals surface area contributed by atoms with Gasteiger partial charge in [-0.15, -0.1) is 0 Å². The zero-order chi connectivity index (χ0) is 10.3. The number of aliphatic hydroxyl groups excluding tert-OH is 4. The van der Waals surface area contributed by atoms with Gasteiger partial charge in [-0.25, -0.2) is 0 Å². The highest BCUT2D eigenvalue weighted by atomic mass is 16.6. The van der Waals surface area contributed by atoms with Gasteiger partial charge in [0.2, 0.25) is 0 Å². The van der Waals surface area contributed by atoms with Gasteiger partial charge in [-0.2, -0.15) is 0 Å². The van der Waals surface area contributed by atoms with Gasteiger partial charge in [-0.05, 0) is 12.3 Å². The van der Waals surface area contributed by atoms with Crippen molar-refractivity contribution >= 4 is 0 Å². The van der Waals surface area contributed by atoms with Crippen LogP contribution in [0, 0.1) is 11.8 Å². The van der Waals surface area contributed by atoms with E-state index in [1.807, 2.05) is 0 Å². The van der Waals surface area contributed by atoms with Crippen LogP contribution in [0.5, 0.6) is 0 Å². The largest absolute Gasteiger partial charge is 0.396 e. The van der Waals surface area contributed by atoms with Crippen molar-refractivity contribution in [3.63, 3.8) is 0 Å². The fourth-order valence-corrected chi connectivity index (χ4v) is 2.74. The molecule has 5 heteroatoms. The first-order valence-corrected chi connectivity index (χ1v) is 4.89. The lowest BCUT2D eigenvalue weighted by Crippen LogP contribution is -2.34. The quantitative estimate of drug-likeness (QED) is 0.401. The molecule has 82 valence electrons. The van der Waals surface area contributed by atoms with Crippen LogP contribution in [-0.4, -0.2) is 58.1 Å². The van der Waals surface area contributed by atoms with Gasteiger partial charge in [-0.3, -0.25) is 0 Å². The average molecular weight is 204 g/mol. The van der Waals surface area contributed by atoms with E-state index in [-0.39, 0.29) is 37.8 Å². The van der Waals surface area contributed by atoms with Crippen LogP contribution in [0.2, 0.25) is 0 Å². The molecule has 0 amide bonds. The summed E-state index contributed by atoms with van der Waals surface area (Å²) >= 11 is 0. The molecule has 0 unspecified atom stereocenters. The molecule has 5 atom stereocenters. The van der Waals surface area contributed by atoms with Gasteiger partial charge in [0.05, 0.1) is 12.7 Å². The van der Waals surface area contributed by atoms with Gasteiger partial charge >= 0.3 is 0 Å². The Morgan fingerprint density at radius 1 is 1.21 bits per heavy atom. The maximum Gasteiger partial charge on any atom is 0.126 e. The second-order valence-corrected chi connectivity index (χ2v) is 4.11. The molecule has 5 nitrogen and oxygen atoms in total. The summed E-state index contributed by atoms with van der Waals surface area (Å²) in [7, 11) is 0. The molecule has 1 heterocycles. The van der Waals surface area contributed by atoms with Gasteiger partial charge < -0.3 is 25.2 Å². The lowest BCUT2D eigenvalue weighted by atomic mass is 9.86. The number of hydrogen-bond donors (Lipinski definition) is 4. The molecular weight excluding hydrogens is 188 g/mol. The van der Waals surface area contributed by atoms with E-state index in [0.29, 0.717) is 6.42 Å². The summed E-state index contributed by atoms with van der Waals surface area (Å²) < 4.78 is 5.24. The first kappa shape index (κ1) is 10.3. The van der Waals surface area contributed by atoms with Gasteiger partial charge in [0.1, 0.15) is 11.7 Å². The minimum Gasteiger partial charge on any atom is -0.396 e. The number of rotatable bonds is 4. The molecule has 1 aliphatic heterocycles. The molecule has 1 saturated carbocycles. The van der Waals surface area contributed by atoms with Crippen LogP contribution in [0.3, 0.4) is 0 Å². The van der Waals surface area contributed by atoms with E-state index in [0.717, 1.165) is 0 Å². The van der Waals surface area contributed by atoms with Crippen LogP contribution in [0.4, 0.5) is 0 Å². The molecule has 2 aliphatic rings. The van der Waals surface area contributed by atoms with Crippen molar-refractivity contribution in [3.05, 3.63) is 0 Å². The normalized spacial score (nSPS) is 50.6. The fourth-order valence-electron chi connectivity index (χ4n) is 2.74. The third kappa shape index (κ3) is 1.14. The summed E-state index contributed by atoms with van der Waals surface area (Å²) in [5, 5.41) is 36.9. The molecule has 0 spiro atoms. The van der Waals surface area contributed by atoms with Crippen LogP contribution in [0.1, 0.15) is 6.42 Å². The van der Waals surface area contributed by atoms with E-state index >= 15 is 0 Å². The molecule has 4 N–H and O–H groups in total. The van der Waals surface area contributed by atoms with Crippen molar-refractivity contribution in [3.8, 4) is 0 Å². The third-order valence-electron chi connectivity index (χ3n) is 3.57. The minimum atomic E-state index is -0.742. The summed E-state index contributed by atoms with van der Waals surface area (Å²) in [5.74, 6) is -0.435. The van der Waals surface area contributed by atoms with Gasteiger partial charge in [0.15, 0.2) is 0 Å². The van der Waals surface area contributed by atoms with E-state index in [1.54, 1.807) is 0 Å². The average Bonchev–Trinajstić information content (AvgIpc) is 2.88. The Labute approximate surface area is 81.9 Å². The standard InChI is InChI=1S/C9H16O5/c10-2-1-5-6(3-11)9(4-12)8(14-9)7(5)13/h5-8,10-13H,1-4H2/t5-,6+,7+,8+,9-/m1/s1. The van der Waals surface area contributed by atoms with Crippen molar-refractivity contribution in [2.45, 2.75) is 24.2 Å². The predicted octanol–water partition coefficient (Wildman–Crippen LogP) is -1.90. The highest BCUT2D eigenvalue weighted by Crippen LogP contribution is 2.56. The van der Waals surface area contributed by atoms with Crippen molar-refractivity contribution in [2.24, 2.45) is 11.8 Å². The van der Waals surface area contributed by atoms with Gasteiger partial charge in [-0.1, -0.05) is 0 Å². The van der Waals surface area contributed by atoms with E-state index in [1.165, 1.54) is 0 Å². The van der Waals surface area contributed by atoms with Crippen molar-refractivity contribution < 1.29 is 25.2 Å².